The van der Waals surface area contributed by atoms with Crippen LogP contribution in [0.25, 0.3) is 0 Å². The summed E-state index contributed by atoms with van der Waals surface area (Å²) in [5.41, 5.74) is -0.142. The van der Waals surface area contributed by atoms with Crippen molar-refractivity contribution in [3.05, 3.63) is 36.1 Å². The van der Waals surface area contributed by atoms with Gasteiger partial charge in [0.1, 0.15) is 5.57 Å². The van der Waals surface area contributed by atoms with E-state index in [1.807, 2.05) is 20.3 Å². The largest absolute Gasteiger partial charge is 0.465 e. The van der Waals surface area contributed by atoms with Gasteiger partial charge in [-0.2, -0.15) is 0 Å². The quantitative estimate of drug-likeness (QED) is 0.231. The number of allylic oxidation sites excluding steroid dienone is 4. The smallest absolute Gasteiger partial charge is 0.345 e. The number of hydrogen-bond donors (Lipinski definition) is 1. The minimum absolute atomic E-state index is 0.142. The van der Waals surface area contributed by atoms with Gasteiger partial charge in [0.05, 0.1) is 34.5 Å². The number of rotatable bonds is 5. The Kier molecular flexibility index (Phi) is 7.38. The Bertz CT molecular complexity index is 336. The summed E-state index contributed by atoms with van der Waals surface area (Å²) in [5.74, 6) is -1.44. The lowest BCUT2D eigenvalue weighted by molar-refractivity contribution is -0.801. The molecule has 0 radical (unpaired) electrons. The van der Waals surface area contributed by atoms with Crippen molar-refractivity contribution in [1.82, 2.24) is 0 Å². The topological polar surface area (TPSA) is 57.0 Å². The van der Waals surface area contributed by atoms with Crippen molar-refractivity contribution in [3.8, 4) is 0 Å². The SMILES string of the molecule is COC(=O)C(=C/C=C/C=C/[NH+](C)C)C(=O)OC. The number of hydrogen-bond acceptors (Lipinski definition) is 4. The van der Waals surface area contributed by atoms with Crippen molar-refractivity contribution < 1.29 is 24.0 Å². The van der Waals surface area contributed by atoms with Crippen LogP contribution in [-0.4, -0.2) is 40.3 Å². The third kappa shape index (κ3) is 6.32. The third-order valence-corrected chi connectivity index (χ3v) is 1.73. The summed E-state index contributed by atoms with van der Waals surface area (Å²) >= 11 is 0. The second kappa shape index (κ2) is 8.29. The fraction of sp³-hybridized carbons (Fsp3) is 0.333. The Morgan fingerprint density at radius 1 is 0.941 bits per heavy atom. The summed E-state index contributed by atoms with van der Waals surface area (Å²) < 4.78 is 8.93. The van der Waals surface area contributed by atoms with Crippen LogP contribution in [0, 0.1) is 0 Å². The molecule has 94 valence electrons. The summed E-state index contributed by atoms with van der Waals surface area (Å²) in [6.07, 6.45) is 8.34. The standard InChI is InChI=1S/C12H17NO4/c1-13(2)9-7-5-6-8-10(11(14)16-3)12(15)17-4/h5-9H,1-4H3/p+1/b6-5+,9-7+. The van der Waals surface area contributed by atoms with E-state index < -0.39 is 11.9 Å². The average Bonchev–Trinajstić information content (AvgIpc) is 2.31. The van der Waals surface area contributed by atoms with E-state index in [4.69, 9.17) is 0 Å². The first-order valence-electron chi connectivity index (χ1n) is 5.04. The van der Waals surface area contributed by atoms with Crippen molar-refractivity contribution in [2.45, 2.75) is 0 Å². The molecule has 5 nitrogen and oxygen atoms in total. The molecule has 0 aliphatic heterocycles. The molecular weight excluding hydrogens is 222 g/mol. The number of carbonyl (C=O) groups excluding carboxylic acids is 2. The number of nitrogens with one attached hydrogen (secondary N) is 1. The van der Waals surface area contributed by atoms with Gasteiger partial charge in [0.2, 0.25) is 0 Å². The molecule has 1 N–H and O–H groups in total. The summed E-state index contributed by atoms with van der Waals surface area (Å²) in [5, 5.41) is 0. The first-order chi connectivity index (χ1) is 8.02. The molecule has 0 bridgehead atoms. The Morgan fingerprint density at radius 3 is 1.88 bits per heavy atom. The minimum Gasteiger partial charge on any atom is -0.465 e. The van der Waals surface area contributed by atoms with Gasteiger partial charge in [-0.15, -0.1) is 0 Å². The van der Waals surface area contributed by atoms with Crippen LogP contribution in [0.4, 0.5) is 0 Å². The molecule has 0 atom stereocenters. The van der Waals surface area contributed by atoms with Crippen LogP contribution in [0.15, 0.2) is 36.1 Å². The highest BCUT2D eigenvalue weighted by Crippen LogP contribution is 2.01. The van der Waals surface area contributed by atoms with Crippen LogP contribution in [-0.2, 0) is 19.1 Å². The maximum atomic E-state index is 11.2. The Hall–Kier alpha value is -1.88. The predicted molar refractivity (Wildman–Crippen MR) is 63.2 cm³/mol. The molecule has 5 heteroatoms. The minimum atomic E-state index is -0.719. The number of quaternary nitrogens is 1. The van der Waals surface area contributed by atoms with Gasteiger partial charge in [-0.25, -0.2) is 9.59 Å². The number of methoxy groups -OCH3 is 2. The highest BCUT2D eigenvalue weighted by atomic mass is 16.5. The van der Waals surface area contributed by atoms with E-state index in [2.05, 4.69) is 9.47 Å². The van der Waals surface area contributed by atoms with Crippen LogP contribution >= 0.6 is 0 Å². The number of esters is 2. The zero-order valence-electron chi connectivity index (χ0n) is 10.5. The molecule has 0 aromatic rings. The first-order valence-corrected chi connectivity index (χ1v) is 5.04. The molecule has 0 spiro atoms. The predicted octanol–water partition coefficient (Wildman–Crippen LogP) is -0.527. The molecule has 0 aliphatic rings. The third-order valence-electron chi connectivity index (χ3n) is 1.73. The zero-order valence-corrected chi connectivity index (χ0v) is 10.5. The van der Waals surface area contributed by atoms with Gasteiger partial charge in [0.25, 0.3) is 0 Å². The molecule has 0 heterocycles. The summed E-state index contributed by atoms with van der Waals surface area (Å²) in [7, 11) is 6.35. The molecule has 0 fully saturated rings. The molecule has 0 aliphatic carbocycles. The summed E-state index contributed by atoms with van der Waals surface area (Å²) in [6.45, 7) is 0. The van der Waals surface area contributed by atoms with Crippen molar-refractivity contribution in [2.75, 3.05) is 28.3 Å². The lowest BCUT2D eigenvalue weighted by atomic mass is 10.2. The van der Waals surface area contributed by atoms with E-state index in [-0.39, 0.29) is 5.57 Å². The van der Waals surface area contributed by atoms with Gasteiger partial charge < -0.3 is 14.4 Å². The van der Waals surface area contributed by atoms with E-state index in [9.17, 15) is 9.59 Å². The van der Waals surface area contributed by atoms with Crippen LogP contribution in [0.5, 0.6) is 0 Å². The van der Waals surface area contributed by atoms with Crippen LogP contribution < -0.4 is 4.90 Å². The van der Waals surface area contributed by atoms with Gasteiger partial charge in [0, 0.05) is 0 Å². The van der Waals surface area contributed by atoms with Crippen molar-refractivity contribution >= 4 is 11.9 Å². The van der Waals surface area contributed by atoms with Gasteiger partial charge in [0.15, 0.2) is 0 Å². The second-order valence-electron chi connectivity index (χ2n) is 3.38. The van der Waals surface area contributed by atoms with Crippen LogP contribution in [0.2, 0.25) is 0 Å². The molecule has 0 unspecified atom stereocenters. The zero-order chi connectivity index (χ0) is 13.3. The number of ether oxygens (including phenoxy) is 2. The van der Waals surface area contributed by atoms with Crippen molar-refractivity contribution in [2.24, 2.45) is 0 Å². The van der Waals surface area contributed by atoms with E-state index in [0.717, 1.165) is 4.90 Å². The summed E-state index contributed by atoms with van der Waals surface area (Å²) in [6, 6.07) is 0. The number of carbonyl (C=O) groups is 2. The Balaban J connectivity index is 4.71. The van der Waals surface area contributed by atoms with E-state index >= 15 is 0 Å². The van der Waals surface area contributed by atoms with Crippen LogP contribution in [0.3, 0.4) is 0 Å². The lowest BCUT2D eigenvalue weighted by Gasteiger charge is -2.01. The fourth-order valence-electron chi connectivity index (χ4n) is 0.903. The molecule has 0 aromatic carbocycles. The lowest BCUT2D eigenvalue weighted by Crippen LogP contribution is -3.00. The molecule has 0 saturated heterocycles. The monoisotopic (exact) mass is 240 g/mol. The highest BCUT2D eigenvalue weighted by molar-refractivity contribution is 6.14. The van der Waals surface area contributed by atoms with E-state index in [0.29, 0.717) is 0 Å². The van der Waals surface area contributed by atoms with Gasteiger partial charge in [-0.3, -0.25) is 0 Å². The molecule has 0 aromatic heterocycles. The summed E-state index contributed by atoms with van der Waals surface area (Å²) in [4.78, 5) is 23.6. The van der Waals surface area contributed by atoms with E-state index in [1.54, 1.807) is 18.2 Å². The van der Waals surface area contributed by atoms with Crippen molar-refractivity contribution in [3.63, 3.8) is 0 Å². The van der Waals surface area contributed by atoms with Gasteiger partial charge >= 0.3 is 11.9 Å². The van der Waals surface area contributed by atoms with Gasteiger partial charge in [-0.1, -0.05) is 12.2 Å². The Labute approximate surface area is 101 Å². The average molecular weight is 240 g/mol. The molecule has 0 rings (SSSR count). The molecular formula is C12H18NO4+. The fourth-order valence-corrected chi connectivity index (χ4v) is 0.903. The Morgan fingerprint density at radius 2 is 1.47 bits per heavy atom. The molecule has 0 amide bonds. The molecule has 0 saturated carbocycles. The molecule has 17 heavy (non-hydrogen) atoms. The normalized spacial score (nSPS) is 10.9. The van der Waals surface area contributed by atoms with E-state index in [1.165, 1.54) is 20.3 Å². The van der Waals surface area contributed by atoms with Crippen molar-refractivity contribution in [1.29, 1.82) is 0 Å². The maximum Gasteiger partial charge on any atom is 0.345 e. The van der Waals surface area contributed by atoms with Gasteiger partial charge in [-0.05, 0) is 12.2 Å². The van der Waals surface area contributed by atoms with Crippen LogP contribution in [0.1, 0.15) is 0 Å². The highest BCUT2D eigenvalue weighted by Gasteiger charge is 2.18. The second-order valence-corrected chi connectivity index (χ2v) is 3.38. The first kappa shape index (κ1) is 15.1. The maximum absolute atomic E-state index is 11.2.